The normalized spacial score (nSPS) is 12.0. The molecule has 0 bridgehead atoms. The quantitative estimate of drug-likeness (QED) is 0.194. The van der Waals surface area contributed by atoms with Crippen molar-refractivity contribution in [1.29, 1.82) is 5.41 Å². The van der Waals surface area contributed by atoms with Gasteiger partial charge in [0, 0.05) is 29.4 Å². The molecule has 4 N–H and O–H groups in total. The Balaban J connectivity index is 1.99. The van der Waals surface area contributed by atoms with E-state index in [0.717, 1.165) is 5.56 Å². The van der Waals surface area contributed by atoms with Crippen LogP contribution in [-0.4, -0.2) is 47.8 Å². The number of nitrogens with one attached hydrogen (secondary N) is 2. The Morgan fingerprint density at radius 1 is 1.06 bits per heavy atom. The van der Waals surface area contributed by atoms with Gasteiger partial charge in [-0.2, -0.15) is 0 Å². The van der Waals surface area contributed by atoms with E-state index in [0.29, 0.717) is 28.3 Å². The number of methoxy groups -OCH3 is 1. The first-order valence-corrected chi connectivity index (χ1v) is 10.6. The molecule has 0 saturated heterocycles. The smallest absolute Gasteiger partial charge is 0.209 e. The molecule has 0 heterocycles. The van der Waals surface area contributed by atoms with Crippen molar-refractivity contribution in [3.8, 4) is 11.5 Å². The van der Waals surface area contributed by atoms with E-state index in [9.17, 15) is 10.0 Å². The van der Waals surface area contributed by atoms with Crippen LogP contribution in [0.15, 0.2) is 78.0 Å². The van der Waals surface area contributed by atoms with Gasteiger partial charge in [-0.05, 0) is 12.5 Å². The van der Waals surface area contributed by atoms with Crippen LogP contribution in [0.25, 0.3) is 0 Å². The van der Waals surface area contributed by atoms with Gasteiger partial charge in [-0.15, -0.1) is 0 Å². The minimum Gasteiger partial charge on any atom is -0.497 e. The van der Waals surface area contributed by atoms with E-state index in [1.165, 1.54) is 7.11 Å². The average Bonchev–Trinajstić information content (AvgIpc) is 2.87. The monoisotopic (exact) mass is 461 g/mol. The molecule has 3 rings (SSSR count). The van der Waals surface area contributed by atoms with Crippen LogP contribution >= 0.6 is 0 Å². The molecule has 34 heavy (non-hydrogen) atoms. The van der Waals surface area contributed by atoms with Gasteiger partial charge in [-0.25, -0.2) is 0 Å². The predicted octanol–water partition coefficient (Wildman–Crippen LogP) is 4.00. The van der Waals surface area contributed by atoms with Crippen LogP contribution in [0, 0.1) is 12.3 Å². The van der Waals surface area contributed by atoms with Gasteiger partial charge in [-0.1, -0.05) is 65.3 Å². The molecule has 0 radical (unpaired) electrons. The SMILES string of the molecule is COc1cc(NC(C(=O)C(=N)/C(=N\O)c2ccccc2)c2ccc(C)cc2)cc(OCCO)c1. The molecule has 1 unspecified atom stereocenters. The molecule has 0 spiro atoms. The summed E-state index contributed by atoms with van der Waals surface area (Å²) in [5.74, 6) is 0.356. The number of Topliss-reactive ketones (excluding diaryl/α,β-unsaturated/α-hetero) is 1. The lowest BCUT2D eigenvalue weighted by atomic mass is 9.94. The van der Waals surface area contributed by atoms with E-state index in [1.54, 1.807) is 60.7 Å². The molecule has 176 valence electrons. The van der Waals surface area contributed by atoms with Crippen molar-refractivity contribution >= 4 is 22.9 Å². The second-order valence-corrected chi connectivity index (χ2v) is 7.51. The van der Waals surface area contributed by atoms with Gasteiger partial charge in [0.25, 0.3) is 0 Å². The maximum atomic E-state index is 13.5. The van der Waals surface area contributed by atoms with Crippen LogP contribution in [-0.2, 0) is 4.79 Å². The fourth-order valence-corrected chi connectivity index (χ4v) is 3.35. The zero-order valence-electron chi connectivity index (χ0n) is 19.0. The second-order valence-electron chi connectivity index (χ2n) is 7.51. The zero-order chi connectivity index (χ0) is 24.5. The van der Waals surface area contributed by atoms with E-state index in [2.05, 4.69) is 10.5 Å². The summed E-state index contributed by atoms with van der Waals surface area (Å²) in [6.07, 6.45) is 0. The fraction of sp³-hybridized carbons (Fsp3) is 0.192. The topological polar surface area (TPSA) is 124 Å². The summed E-state index contributed by atoms with van der Waals surface area (Å²) in [5, 5.41) is 33.6. The number of aryl methyl sites for hydroxylation is 1. The molecular weight excluding hydrogens is 434 g/mol. The number of ether oxygens (including phenoxy) is 2. The number of benzene rings is 3. The molecule has 0 saturated carbocycles. The van der Waals surface area contributed by atoms with Gasteiger partial charge in [0.2, 0.25) is 5.78 Å². The molecule has 0 amide bonds. The third-order valence-corrected chi connectivity index (χ3v) is 5.09. The number of ketones is 1. The Morgan fingerprint density at radius 3 is 2.35 bits per heavy atom. The highest BCUT2D eigenvalue weighted by molar-refractivity contribution is 6.70. The Hall–Kier alpha value is -4.17. The summed E-state index contributed by atoms with van der Waals surface area (Å²) < 4.78 is 10.9. The number of rotatable bonds is 11. The highest BCUT2D eigenvalue weighted by atomic mass is 16.5. The largest absolute Gasteiger partial charge is 0.497 e. The average molecular weight is 462 g/mol. The zero-order valence-corrected chi connectivity index (χ0v) is 19.0. The van der Waals surface area contributed by atoms with E-state index in [1.807, 2.05) is 19.1 Å². The molecule has 0 aliphatic carbocycles. The Labute approximate surface area is 198 Å². The van der Waals surface area contributed by atoms with Crippen LogP contribution in [0.2, 0.25) is 0 Å². The van der Waals surface area contributed by atoms with E-state index < -0.39 is 17.5 Å². The minimum absolute atomic E-state index is 0.102. The van der Waals surface area contributed by atoms with Crippen LogP contribution in [0.5, 0.6) is 11.5 Å². The summed E-state index contributed by atoms with van der Waals surface area (Å²) in [6.45, 7) is 1.89. The summed E-state index contributed by atoms with van der Waals surface area (Å²) in [4.78, 5) is 13.5. The minimum atomic E-state index is -0.952. The second kappa shape index (κ2) is 11.6. The van der Waals surface area contributed by atoms with E-state index in [-0.39, 0.29) is 18.9 Å². The molecule has 0 fully saturated rings. The number of hydrogen-bond donors (Lipinski definition) is 4. The van der Waals surface area contributed by atoms with Crippen molar-refractivity contribution in [2.75, 3.05) is 25.6 Å². The van der Waals surface area contributed by atoms with Gasteiger partial charge in [-0.3, -0.25) is 10.2 Å². The summed E-state index contributed by atoms with van der Waals surface area (Å²) >= 11 is 0. The van der Waals surface area contributed by atoms with Crippen LogP contribution in [0.1, 0.15) is 22.7 Å². The van der Waals surface area contributed by atoms with Crippen molar-refractivity contribution in [3.63, 3.8) is 0 Å². The number of aliphatic hydroxyl groups is 1. The molecule has 0 aliphatic heterocycles. The third-order valence-electron chi connectivity index (χ3n) is 5.09. The van der Waals surface area contributed by atoms with Gasteiger partial charge >= 0.3 is 0 Å². The van der Waals surface area contributed by atoms with Gasteiger partial charge in [0.15, 0.2) is 0 Å². The first kappa shape index (κ1) is 24.5. The summed E-state index contributed by atoms with van der Waals surface area (Å²) in [6, 6.07) is 20.0. The lowest BCUT2D eigenvalue weighted by Gasteiger charge is -2.21. The molecule has 8 nitrogen and oxygen atoms in total. The Bertz CT molecular complexity index is 1160. The molecule has 1 atom stereocenters. The Kier molecular flexibility index (Phi) is 8.37. The molecule has 0 aromatic heterocycles. The van der Waals surface area contributed by atoms with Crippen LogP contribution < -0.4 is 14.8 Å². The van der Waals surface area contributed by atoms with Gasteiger partial charge in [0.1, 0.15) is 35.6 Å². The fourth-order valence-electron chi connectivity index (χ4n) is 3.35. The maximum Gasteiger partial charge on any atom is 0.209 e. The summed E-state index contributed by atoms with van der Waals surface area (Å²) in [5.41, 5.74) is 2.06. The van der Waals surface area contributed by atoms with E-state index >= 15 is 0 Å². The van der Waals surface area contributed by atoms with E-state index in [4.69, 9.17) is 20.0 Å². The lowest BCUT2D eigenvalue weighted by molar-refractivity contribution is -0.113. The Morgan fingerprint density at radius 2 is 1.74 bits per heavy atom. The maximum absolute atomic E-state index is 13.5. The number of nitrogens with zero attached hydrogens (tertiary/aromatic N) is 1. The predicted molar refractivity (Wildman–Crippen MR) is 131 cm³/mol. The molecule has 8 heteroatoms. The molecular formula is C26H27N3O5. The van der Waals surface area contributed by atoms with Crippen molar-refractivity contribution in [3.05, 3.63) is 89.5 Å². The van der Waals surface area contributed by atoms with Crippen molar-refractivity contribution in [2.24, 2.45) is 5.16 Å². The molecule has 3 aromatic rings. The van der Waals surface area contributed by atoms with Gasteiger partial charge < -0.3 is 25.1 Å². The third kappa shape index (κ3) is 5.99. The van der Waals surface area contributed by atoms with Crippen molar-refractivity contribution in [2.45, 2.75) is 13.0 Å². The number of hydrogen-bond acceptors (Lipinski definition) is 8. The number of anilines is 1. The van der Waals surface area contributed by atoms with Crippen molar-refractivity contribution < 1.29 is 24.6 Å². The lowest BCUT2D eigenvalue weighted by Crippen LogP contribution is -2.33. The molecule has 0 aliphatic rings. The highest BCUT2D eigenvalue weighted by Gasteiger charge is 2.28. The van der Waals surface area contributed by atoms with Gasteiger partial charge in [0.05, 0.1) is 13.7 Å². The summed E-state index contributed by atoms with van der Waals surface area (Å²) in [7, 11) is 1.51. The first-order valence-electron chi connectivity index (χ1n) is 10.6. The number of aliphatic hydroxyl groups excluding tert-OH is 1. The van der Waals surface area contributed by atoms with Crippen LogP contribution in [0.3, 0.4) is 0 Å². The van der Waals surface area contributed by atoms with Crippen molar-refractivity contribution in [1.82, 2.24) is 0 Å². The van der Waals surface area contributed by atoms with Crippen LogP contribution in [0.4, 0.5) is 5.69 Å². The number of carbonyl (C=O) groups excluding carboxylic acids is 1. The first-order chi connectivity index (χ1) is 16.5. The molecule has 3 aromatic carbocycles. The number of oxime groups is 1. The highest BCUT2D eigenvalue weighted by Crippen LogP contribution is 2.30. The number of carbonyl (C=O) groups is 1. The standard InChI is InChI=1S/C26H27N3O5/c1-17-8-10-19(11-9-17)25(26(31)23(27)24(29-32)18-6-4-3-5-7-18)28-20-14-21(33-2)16-22(15-20)34-13-12-30/h3-11,14-16,25,27-28,30,32H,12-13H2,1-2H3/b27-23?,29-24-.